The molecule has 2 aromatic rings. The van der Waals surface area contributed by atoms with Gasteiger partial charge < -0.3 is 9.15 Å². The molecule has 0 amide bonds. The van der Waals surface area contributed by atoms with Crippen molar-refractivity contribution in [3.8, 4) is 11.8 Å². The number of benzene rings is 1. The molecular formula is C15H13NO3. The first-order valence-corrected chi connectivity index (χ1v) is 6.38. The predicted octanol–water partition coefficient (Wildman–Crippen LogP) is 2.57. The van der Waals surface area contributed by atoms with Gasteiger partial charge in [-0.2, -0.15) is 5.26 Å². The lowest BCUT2D eigenvalue weighted by atomic mass is 9.91. The molecular weight excluding hydrogens is 242 g/mol. The Kier molecular flexibility index (Phi) is 2.96. The first-order valence-electron chi connectivity index (χ1n) is 6.38. The number of nitriles is 1. The molecule has 0 fully saturated rings. The van der Waals surface area contributed by atoms with Crippen molar-refractivity contribution in [3.63, 3.8) is 0 Å². The lowest BCUT2D eigenvalue weighted by molar-refractivity contribution is 0.367. The molecule has 1 aromatic heterocycles. The summed E-state index contributed by atoms with van der Waals surface area (Å²) in [5, 5.41) is 9.48. The maximum absolute atomic E-state index is 11.9. The van der Waals surface area contributed by atoms with Crippen molar-refractivity contribution in [1.29, 1.82) is 5.26 Å². The van der Waals surface area contributed by atoms with Crippen LogP contribution in [0.5, 0.6) is 5.75 Å². The minimum atomic E-state index is -0.236. The van der Waals surface area contributed by atoms with E-state index >= 15 is 0 Å². The van der Waals surface area contributed by atoms with Crippen LogP contribution >= 0.6 is 0 Å². The van der Waals surface area contributed by atoms with Crippen LogP contribution < -0.4 is 10.4 Å². The SMILES string of the molecule is N#CCOc1ccc2c3c(c(=O)oc2c1)CCCC3. The standard InChI is InChI=1S/C15H13NO3/c16-7-8-18-10-5-6-12-11-3-1-2-4-13(11)15(17)19-14(12)9-10/h5-6,9H,1-4,8H2. The number of hydrogen-bond donors (Lipinski definition) is 0. The van der Waals surface area contributed by atoms with E-state index in [2.05, 4.69) is 0 Å². The van der Waals surface area contributed by atoms with Crippen molar-refractivity contribution in [3.05, 3.63) is 39.7 Å². The van der Waals surface area contributed by atoms with Crippen molar-refractivity contribution >= 4 is 11.0 Å². The molecule has 1 heterocycles. The lowest BCUT2D eigenvalue weighted by Crippen LogP contribution is -2.15. The largest absolute Gasteiger partial charge is 0.479 e. The van der Waals surface area contributed by atoms with Gasteiger partial charge in [-0.3, -0.25) is 0 Å². The highest BCUT2D eigenvalue weighted by Gasteiger charge is 2.18. The molecule has 0 aliphatic heterocycles. The molecule has 1 aliphatic carbocycles. The summed E-state index contributed by atoms with van der Waals surface area (Å²) >= 11 is 0. The summed E-state index contributed by atoms with van der Waals surface area (Å²) in [7, 11) is 0. The van der Waals surface area contributed by atoms with E-state index in [1.807, 2.05) is 18.2 Å². The molecule has 0 N–H and O–H groups in total. The summed E-state index contributed by atoms with van der Waals surface area (Å²) in [6.45, 7) is -0.0132. The van der Waals surface area contributed by atoms with Gasteiger partial charge in [-0.05, 0) is 43.4 Å². The van der Waals surface area contributed by atoms with Crippen LogP contribution in [0.4, 0.5) is 0 Å². The molecule has 1 aliphatic rings. The van der Waals surface area contributed by atoms with Gasteiger partial charge in [0.05, 0.1) is 0 Å². The van der Waals surface area contributed by atoms with Crippen LogP contribution in [-0.4, -0.2) is 6.61 Å². The van der Waals surface area contributed by atoms with E-state index in [1.165, 1.54) is 0 Å². The number of aryl methyl sites for hydroxylation is 1. The van der Waals surface area contributed by atoms with Crippen molar-refractivity contribution in [2.24, 2.45) is 0 Å². The normalized spacial score (nSPS) is 13.8. The van der Waals surface area contributed by atoms with E-state index < -0.39 is 0 Å². The Labute approximate surface area is 110 Å². The monoisotopic (exact) mass is 255 g/mol. The van der Waals surface area contributed by atoms with E-state index in [0.29, 0.717) is 11.3 Å². The van der Waals surface area contributed by atoms with E-state index in [-0.39, 0.29) is 12.2 Å². The van der Waals surface area contributed by atoms with Crippen molar-refractivity contribution in [2.45, 2.75) is 25.7 Å². The van der Waals surface area contributed by atoms with Crippen molar-refractivity contribution in [1.82, 2.24) is 0 Å². The van der Waals surface area contributed by atoms with Gasteiger partial charge in [-0.25, -0.2) is 4.79 Å². The first kappa shape index (κ1) is 11.8. The topological polar surface area (TPSA) is 63.2 Å². The highest BCUT2D eigenvalue weighted by molar-refractivity contribution is 5.82. The Bertz CT molecular complexity index is 724. The molecule has 0 atom stereocenters. The van der Waals surface area contributed by atoms with Crippen LogP contribution in [0, 0.1) is 11.3 Å². The summed E-state index contributed by atoms with van der Waals surface area (Å²) in [4.78, 5) is 11.9. The second kappa shape index (κ2) is 4.77. The van der Waals surface area contributed by atoms with Crippen LogP contribution in [0.1, 0.15) is 24.0 Å². The van der Waals surface area contributed by atoms with Crippen LogP contribution in [0.3, 0.4) is 0 Å². The molecule has 1 aromatic carbocycles. The fourth-order valence-corrected chi connectivity index (χ4v) is 2.63. The maximum Gasteiger partial charge on any atom is 0.339 e. The smallest absolute Gasteiger partial charge is 0.339 e. The van der Waals surface area contributed by atoms with Gasteiger partial charge >= 0.3 is 5.63 Å². The zero-order valence-corrected chi connectivity index (χ0v) is 10.4. The van der Waals surface area contributed by atoms with E-state index in [1.54, 1.807) is 6.07 Å². The maximum atomic E-state index is 11.9. The van der Waals surface area contributed by atoms with Gasteiger partial charge in [0.15, 0.2) is 6.61 Å². The van der Waals surface area contributed by atoms with Crippen LogP contribution in [0.2, 0.25) is 0 Å². The summed E-state index contributed by atoms with van der Waals surface area (Å²) < 4.78 is 10.6. The third kappa shape index (κ3) is 2.08. The molecule has 4 nitrogen and oxygen atoms in total. The molecule has 96 valence electrons. The highest BCUT2D eigenvalue weighted by Crippen LogP contribution is 2.28. The molecule has 0 radical (unpaired) electrons. The Morgan fingerprint density at radius 2 is 2.05 bits per heavy atom. The zero-order valence-electron chi connectivity index (χ0n) is 10.4. The molecule has 0 bridgehead atoms. The predicted molar refractivity (Wildman–Crippen MR) is 70.2 cm³/mol. The molecule has 0 unspecified atom stereocenters. The third-order valence-corrected chi connectivity index (χ3v) is 3.50. The Morgan fingerprint density at radius 1 is 1.26 bits per heavy atom. The second-order valence-electron chi connectivity index (χ2n) is 4.66. The van der Waals surface area contributed by atoms with Gasteiger partial charge in [-0.15, -0.1) is 0 Å². The molecule has 0 saturated heterocycles. The van der Waals surface area contributed by atoms with Crippen molar-refractivity contribution < 1.29 is 9.15 Å². The lowest BCUT2D eigenvalue weighted by Gasteiger charge is -2.16. The first-order chi connectivity index (χ1) is 9.29. The fourth-order valence-electron chi connectivity index (χ4n) is 2.63. The minimum absolute atomic E-state index is 0.0132. The fraction of sp³-hybridized carbons (Fsp3) is 0.333. The van der Waals surface area contributed by atoms with Gasteiger partial charge in [0.1, 0.15) is 17.4 Å². The third-order valence-electron chi connectivity index (χ3n) is 3.50. The van der Waals surface area contributed by atoms with Gasteiger partial charge in [-0.1, -0.05) is 0 Å². The van der Waals surface area contributed by atoms with Crippen LogP contribution in [-0.2, 0) is 12.8 Å². The molecule has 4 heteroatoms. The van der Waals surface area contributed by atoms with Gasteiger partial charge in [0, 0.05) is 17.0 Å². The summed E-state index contributed by atoms with van der Waals surface area (Å²) in [6.07, 6.45) is 3.89. The number of fused-ring (bicyclic) bond motifs is 3. The average molecular weight is 255 g/mol. The molecule has 0 saturated carbocycles. The second-order valence-corrected chi connectivity index (χ2v) is 4.66. The van der Waals surface area contributed by atoms with E-state index in [4.69, 9.17) is 14.4 Å². The Hall–Kier alpha value is -2.28. The Balaban J connectivity index is 2.15. The number of rotatable bonds is 2. The summed E-state index contributed by atoms with van der Waals surface area (Å²) in [6, 6.07) is 7.32. The summed E-state index contributed by atoms with van der Waals surface area (Å²) in [5.41, 5.74) is 2.24. The highest BCUT2D eigenvalue weighted by atomic mass is 16.5. The molecule has 0 spiro atoms. The Morgan fingerprint density at radius 3 is 2.84 bits per heavy atom. The number of hydrogen-bond acceptors (Lipinski definition) is 4. The van der Waals surface area contributed by atoms with Crippen molar-refractivity contribution in [2.75, 3.05) is 6.61 Å². The number of nitrogens with zero attached hydrogens (tertiary/aromatic N) is 1. The van der Waals surface area contributed by atoms with E-state index in [9.17, 15) is 4.79 Å². The number of ether oxygens (including phenoxy) is 1. The quantitative estimate of drug-likeness (QED) is 0.774. The van der Waals surface area contributed by atoms with Gasteiger partial charge in [0.2, 0.25) is 0 Å². The minimum Gasteiger partial charge on any atom is -0.479 e. The average Bonchev–Trinajstić information content (AvgIpc) is 2.45. The van der Waals surface area contributed by atoms with Crippen LogP contribution in [0.25, 0.3) is 11.0 Å². The summed E-state index contributed by atoms with van der Waals surface area (Å²) in [5.74, 6) is 0.549. The zero-order chi connectivity index (χ0) is 13.2. The van der Waals surface area contributed by atoms with E-state index in [0.717, 1.165) is 42.2 Å². The van der Waals surface area contributed by atoms with Gasteiger partial charge in [0.25, 0.3) is 0 Å². The van der Waals surface area contributed by atoms with Crippen LogP contribution in [0.15, 0.2) is 27.4 Å². The molecule has 3 rings (SSSR count). The molecule has 19 heavy (non-hydrogen) atoms.